The lowest BCUT2D eigenvalue weighted by Gasteiger charge is -2.06. The Bertz CT molecular complexity index is 1410. The molecule has 0 saturated heterocycles. The van der Waals surface area contributed by atoms with Gasteiger partial charge in [0, 0.05) is 28.0 Å². The Labute approximate surface area is 189 Å². The smallest absolute Gasteiger partial charge is 0.252 e. The first-order valence-corrected chi connectivity index (χ1v) is 10.00. The van der Waals surface area contributed by atoms with Crippen LogP contribution in [0.2, 0.25) is 5.02 Å². The number of aromatic amines is 1. The van der Waals surface area contributed by atoms with E-state index in [-0.39, 0.29) is 11.5 Å². The number of amides is 1. The van der Waals surface area contributed by atoms with Gasteiger partial charge in [0.2, 0.25) is 5.95 Å². The van der Waals surface area contributed by atoms with Gasteiger partial charge in [-0.15, -0.1) is 0 Å². The van der Waals surface area contributed by atoms with Crippen LogP contribution in [0, 0.1) is 18.8 Å². The van der Waals surface area contributed by atoms with E-state index in [1.807, 2.05) is 19.1 Å². The van der Waals surface area contributed by atoms with Crippen molar-refractivity contribution in [2.45, 2.75) is 6.92 Å². The summed E-state index contributed by atoms with van der Waals surface area (Å²) in [7, 11) is 0. The van der Waals surface area contributed by atoms with Crippen LogP contribution in [0.25, 0.3) is 22.6 Å². The molecule has 0 aliphatic heterocycles. The molecule has 7 N–H and O–H groups in total. The lowest BCUT2D eigenvalue weighted by atomic mass is 9.99. The lowest BCUT2D eigenvalue weighted by Crippen LogP contribution is -2.13. The zero-order valence-corrected chi connectivity index (χ0v) is 17.9. The molecule has 1 amide bonds. The molecule has 4 rings (SSSR count). The van der Waals surface area contributed by atoms with E-state index in [1.165, 1.54) is 6.20 Å². The second-order valence-corrected chi connectivity index (χ2v) is 7.56. The Hall–Kier alpha value is -4.28. The van der Waals surface area contributed by atoms with Crippen LogP contribution < -0.4 is 17.2 Å². The third-order valence-electron chi connectivity index (χ3n) is 4.86. The van der Waals surface area contributed by atoms with E-state index in [0.717, 1.165) is 11.1 Å². The van der Waals surface area contributed by atoms with Crippen molar-refractivity contribution in [3.8, 4) is 34.5 Å². The average molecular weight is 443 g/mol. The highest BCUT2D eigenvalue weighted by molar-refractivity contribution is 6.31. The number of nitrogens with two attached hydrogens (primary N) is 3. The average Bonchev–Trinajstić information content (AvgIpc) is 3.13. The predicted molar refractivity (Wildman–Crippen MR) is 127 cm³/mol. The van der Waals surface area contributed by atoms with Gasteiger partial charge in [-0.25, -0.2) is 9.97 Å². The van der Waals surface area contributed by atoms with Gasteiger partial charge in [-0.3, -0.25) is 4.79 Å². The molecule has 2 heterocycles. The number of benzene rings is 2. The van der Waals surface area contributed by atoms with E-state index in [4.69, 9.17) is 28.8 Å². The molecule has 0 bridgehead atoms. The Morgan fingerprint density at radius 3 is 2.59 bits per heavy atom. The predicted octanol–water partition coefficient (Wildman–Crippen LogP) is 3.76. The molecule has 32 heavy (non-hydrogen) atoms. The number of carbonyl (C=O) groups excluding carboxylic acids is 1. The SMILES string of the molecule is Cc1ccc(Cl)cc1-c1[nH]c(-c2ccnc(N)n2)c(C#Cc2cccc(N)c2)c1C(N)=O. The molecule has 158 valence electrons. The van der Waals surface area contributed by atoms with Crippen LogP contribution >= 0.6 is 11.6 Å². The normalized spacial score (nSPS) is 10.4. The largest absolute Gasteiger partial charge is 0.399 e. The maximum atomic E-state index is 12.6. The second kappa shape index (κ2) is 8.46. The van der Waals surface area contributed by atoms with Gasteiger partial charge in [-0.1, -0.05) is 35.6 Å². The number of hydrogen-bond donors (Lipinski definition) is 4. The minimum absolute atomic E-state index is 0.0907. The summed E-state index contributed by atoms with van der Waals surface area (Å²) in [5.41, 5.74) is 22.5. The second-order valence-electron chi connectivity index (χ2n) is 7.12. The molecule has 8 heteroatoms. The van der Waals surface area contributed by atoms with Gasteiger partial charge in [0.15, 0.2) is 0 Å². The fraction of sp³-hybridized carbons (Fsp3) is 0.0417. The maximum Gasteiger partial charge on any atom is 0.252 e. The molecule has 0 aliphatic rings. The summed E-state index contributed by atoms with van der Waals surface area (Å²) in [6.07, 6.45) is 1.53. The molecule has 0 fully saturated rings. The number of primary amides is 1. The number of carbonyl (C=O) groups is 1. The van der Waals surface area contributed by atoms with Crippen molar-refractivity contribution < 1.29 is 4.79 Å². The highest BCUT2D eigenvalue weighted by atomic mass is 35.5. The molecule has 0 unspecified atom stereocenters. The van der Waals surface area contributed by atoms with Crippen LogP contribution in [0.5, 0.6) is 0 Å². The van der Waals surface area contributed by atoms with Gasteiger partial charge >= 0.3 is 0 Å². The number of nitrogen functional groups attached to an aromatic ring is 2. The van der Waals surface area contributed by atoms with Crippen LogP contribution in [0.1, 0.15) is 27.0 Å². The molecule has 2 aromatic heterocycles. The number of anilines is 2. The van der Waals surface area contributed by atoms with Gasteiger partial charge in [0.05, 0.1) is 28.2 Å². The van der Waals surface area contributed by atoms with Gasteiger partial charge in [0.25, 0.3) is 5.91 Å². The summed E-state index contributed by atoms with van der Waals surface area (Å²) in [6, 6.07) is 14.2. The first-order valence-electron chi connectivity index (χ1n) is 9.62. The molecule has 0 atom stereocenters. The third kappa shape index (κ3) is 4.13. The van der Waals surface area contributed by atoms with Crippen LogP contribution in [-0.4, -0.2) is 20.9 Å². The minimum Gasteiger partial charge on any atom is -0.399 e. The quantitative estimate of drug-likeness (QED) is 0.283. The van der Waals surface area contributed by atoms with Crippen molar-refractivity contribution in [3.05, 3.63) is 82.0 Å². The highest BCUT2D eigenvalue weighted by Gasteiger charge is 2.24. The molecular weight excluding hydrogens is 424 g/mol. The number of hydrogen-bond acceptors (Lipinski definition) is 5. The molecule has 0 saturated carbocycles. The van der Waals surface area contributed by atoms with Crippen molar-refractivity contribution in [3.63, 3.8) is 0 Å². The van der Waals surface area contributed by atoms with Crippen molar-refractivity contribution in [1.82, 2.24) is 15.0 Å². The molecular formula is C24H19ClN6O. The number of H-pyrrole nitrogens is 1. The van der Waals surface area contributed by atoms with Crippen molar-refractivity contribution in [2.75, 3.05) is 11.5 Å². The Balaban J connectivity index is 2.03. The van der Waals surface area contributed by atoms with Crippen molar-refractivity contribution in [2.24, 2.45) is 5.73 Å². The summed E-state index contributed by atoms with van der Waals surface area (Å²) in [5.74, 6) is 5.58. The molecule has 0 radical (unpaired) electrons. The molecule has 2 aromatic carbocycles. The Morgan fingerprint density at radius 1 is 1.06 bits per heavy atom. The topological polar surface area (TPSA) is 137 Å². The zero-order chi connectivity index (χ0) is 22.8. The monoisotopic (exact) mass is 442 g/mol. The van der Waals surface area contributed by atoms with E-state index >= 15 is 0 Å². The van der Waals surface area contributed by atoms with Crippen molar-refractivity contribution >= 4 is 29.1 Å². The molecule has 0 aliphatic carbocycles. The van der Waals surface area contributed by atoms with Gasteiger partial charge in [-0.05, 0) is 48.9 Å². The fourth-order valence-corrected chi connectivity index (χ4v) is 3.57. The number of nitrogens with one attached hydrogen (secondary N) is 1. The van der Waals surface area contributed by atoms with Crippen molar-refractivity contribution in [1.29, 1.82) is 0 Å². The van der Waals surface area contributed by atoms with E-state index in [1.54, 1.807) is 36.4 Å². The van der Waals surface area contributed by atoms with E-state index in [0.29, 0.717) is 38.9 Å². The molecule has 0 spiro atoms. The first-order chi connectivity index (χ1) is 15.3. The number of nitrogens with zero attached hydrogens (tertiary/aromatic N) is 2. The number of rotatable bonds is 3. The summed E-state index contributed by atoms with van der Waals surface area (Å²) in [4.78, 5) is 24.1. The van der Waals surface area contributed by atoms with Crippen LogP contribution in [0.4, 0.5) is 11.6 Å². The van der Waals surface area contributed by atoms with E-state index in [2.05, 4.69) is 26.8 Å². The number of halogens is 1. The van der Waals surface area contributed by atoms with Crippen LogP contribution in [-0.2, 0) is 0 Å². The van der Waals surface area contributed by atoms with Crippen LogP contribution in [0.15, 0.2) is 54.7 Å². The summed E-state index contributed by atoms with van der Waals surface area (Å²) in [5, 5.41) is 0.524. The summed E-state index contributed by atoms with van der Waals surface area (Å²) >= 11 is 6.23. The fourth-order valence-electron chi connectivity index (χ4n) is 3.39. The number of aryl methyl sites for hydroxylation is 1. The highest BCUT2D eigenvalue weighted by Crippen LogP contribution is 2.35. The molecule has 4 aromatic rings. The molecule has 7 nitrogen and oxygen atoms in total. The number of aromatic nitrogens is 3. The van der Waals surface area contributed by atoms with Gasteiger partial charge in [0.1, 0.15) is 0 Å². The van der Waals surface area contributed by atoms with Gasteiger partial charge in [-0.2, -0.15) is 0 Å². The first kappa shape index (κ1) is 21.0. The van der Waals surface area contributed by atoms with Crippen LogP contribution in [0.3, 0.4) is 0 Å². The van der Waals surface area contributed by atoms with E-state index < -0.39 is 5.91 Å². The van der Waals surface area contributed by atoms with Gasteiger partial charge < -0.3 is 22.2 Å². The standard InChI is InChI=1S/C24H19ClN6O/c1-13-5-7-15(25)12-18(13)22-20(23(27)32)17(8-6-14-3-2-4-16(26)11-14)21(31-22)19-9-10-29-24(28)30-19/h2-5,7,9-12,31H,26H2,1H3,(H2,27,32)(H2,28,29,30). The lowest BCUT2D eigenvalue weighted by molar-refractivity contribution is 0.100. The maximum absolute atomic E-state index is 12.6. The van der Waals surface area contributed by atoms with E-state index in [9.17, 15) is 4.79 Å². The summed E-state index contributed by atoms with van der Waals surface area (Å²) in [6.45, 7) is 1.91. The third-order valence-corrected chi connectivity index (χ3v) is 5.10. The summed E-state index contributed by atoms with van der Waals surface area (Å²) < 4.78 is 0. The minimum atomic E-state index is -0.638. The zero-order valence-electron chi connectivity index (χ0n) is 17.1. The Kier molecular flexibility index (Phi) is 5.54. The Morgan fingerprint density at radius 2 is 1.88 bits per heavy atom.